The predicted molar refractivity (Wildman–Crippen MR) is 130 cm³/mol. The van der Waals surface area contributed by atoms with Gasteiger partial charge in [0.25, 0.3) is 5.91 Å². The molecule has 35 heavy (non-hydrogen) atoms. The van der Waals surface area contributed by atoms with Crippen molar-refractivity contribution in [2.45, 2.75) is 45.2 Å². The van der Waals surface area contributed by atoms with Crippen LogP contribution in [0.1, 0.15) is 31.9 Å². The van der Waals surface area contributed by atoms with Crippen LogP contribution >= 0.6 is 11.6 Å². The summed E-state index contributed by atoms with van der Waals surface area (Å²) in [5.74, 6) is -2.16. The minimum atomic E-state index is -1.03. The molecule has 1 unspecified atom stereocenters. The molecule has 0 spiro atoms. The molecule has 0 radical (unpaired) electrons. The van der Waals surface area contributed by atoms with E-state index in [1.807, 2.05) is 30.3 Å². The number of hydrogen-bond donors (Lipinski definition) is 2. The average molecular weight is 508 g/mol. The highest BCUT2D eigenvalue weighted by Crippen LogP contribution is 2.29. The lowest BCUT2D eigenvalue weighted by atomic mass is 9.92. The van der Waals surface area contributed by atoms with Crippen molar-refractivity contribution in [2.75, 3.05) is 13.5 Å². The van der Waals surface area contributed by atoms with Crippen LogP contribution in [0.3, 0.4) is 0 Å². The second kappa shape index (κ2) is 14.1. The Morgan fingerprint density at radius 2 is 1.51 bits per heavy atom. The van der Waals surface area contributed by atoms with E-state index in [0.29, 0.717) is 12.0 Å². The van der Waals surface area contributed by atoms with E-state index in [4.69, 9.17) is 14.2 Å². The van der Waals surface area contributed by atoms with Gasteiger partial charge in [-0.1, -0.05) is 36.4 Å². The molecule has 9 nitrogen and oxygen atoms in total. The number of benzene rings is 2. The highest BCUT2D eigenvalue weighted by atomic mass is 35.5. The number of carbonyl (C=O) groups is 4. The maximum absolute atomic E-state index is 13.0. The van der Waals surface area contributed by atoms with Crippen molar-refractivity contribution in [1.29, 1.82) is 0 Å². The molecule has 2 aromatic rings. The summed E-state index contributed by atoms with van der Waals surface area (Å²) in [5.41, 5.74) is 4.48. The fourth-order valence-electron chi connectivity index (χ4n) is 3.18. The van der Waals surface area contributed by atoms with Gasteiger partial charge in [0, 0.05) is 40.0 Å². The Morgan fingerprint density at radius 1 is 0.943 bits per heavy atom. The van der Waals surface area contributed by atoms with E-state index < -0.39 is 35.4 Å². The number of alkyl halides is 1. The monoisotopic (exact) mass is 507 g/mol. The average Bonchev–Trinajstić information content (AvgIpc) is 2.80. The Kier molecular flexibility index (Phi) is 11.9. The molecular weight excluding hydrogens is 476 g/mol. The van der Waals surface area contributed by atoms with Crippen molar-refractivity contribution < 1.29 is 39.1 Å². The second-order valence-corrected chi connectivity index (χ2v) is 7.94. The van der Waals surface area contributed by atoms with E-state index in [2.05, 4.69) is 22.7 Å². The van der Waals surface area contributed by atoms with Crippen LogP contribution in [0.2, 0.25) is 0 Å². The first-order valence-corrected chi connectivity index (χ1v) is 11.4. The van der Waals surface area contributed by atoms with Gasteiger partial charge in [0.15, 0.2) is 17.0 Å². The molecule has 2 aromatic carbocycles. The summed E-state index contributed by atoms with van der Waals surface area (Å²) in [6.07, 6.45) is 1.90. The minimum absolute atomic E-state index is 0.0243. The lowest BCUT2D eigenvalue weighted by Gasteiger charge is -2.24. The van der Waals surface area contributed by atoms with Crippen molar-refractivity contribution in [1.82, 2.24) is 5.32 Å². The summed E-state index contributed by atoms with van der Waals surface area (Å²) < 4.78 is 15.0. The zero-order valence-electron chi connectivity index (χ0n) is 20.6. The van der Waals surface area contributed by atoms with Gasteiger partial charge in [-0.3, -0.25) is 14.4 Å². The highest BCUT2D eigenvalue weighted by Gasteiger charge is 2.36. The zero-order valence-corrected chi connectivity index (χ0v) is 21.3. The van der Waals surface area contributed by atoms with Crippen molar-refractivity contribution in [3.8, 4) is 11.5 Å². The zero-order chi connectivity index (χ0) is 26.6. The number of methoxy groups -OCH3 is 1. The molecule has 0 heterocycles. The Morgan fingerprint density at radius 3 is 2.06 bits per heavy atom. The van der Waals surface area contributed by atoms with Crippen LogP contribution < -0.4 is 20.5 Å². The van der Waals surface area contributed by atoms with Gasteiger partial charge in [0.2, 0.25) is 0 Å². The lowest BCUT2D eigenvalue weighted by molar-refractivity contribution is -0.451. The Bertz CT molecular complexity index is 1030. The number of nitrogens with one attached hydrogen (secondary N) is 1. The second-order valence-electron chi connectivity index (χ2n) is 7.94. The van der Waals surface area contributed by atoms with E-state index in [0.717, 1.165) is 5.56 Å². The number of amides is 1. The number of quaternary nitrogens is 1. The summed E-state index contributed by atoms with van der Waals surface area (Å²) in [4.78, 5) is 48.1. The number of esters is 3. The molecule has 0 aliphatic heterocycles. The van der Waals surface area contributed by atoms with Gasteiger partial charge in [-0.05, 0) is 23.3 Å². The lowest BCUT2D eigenvalue weighted by Crippen LogP contribution is -2.78. The summed E-state index contributed by atoms with van der Waals surface area (Å²) in [6.45, 7) is 4.12. The van der Waals surface area contributed by atoms with Crippen LogP contribution in [-0.4, -0.2) is 48.9 Å². The van der Waals surface area contributed by atoms with Crippen molar-refractivity contribution in [3.63, 3.8) is 0 Å². The van der Waals surface area contributed by atoms with E-state index in [9.17, 15) is 19.2 Å². The van der Waals surface area contributed by atoms with Gasteiger partial charge in [-0.25, -0.2) is 4.79 Å². The first-order chi connectivity index (χ1) is 16.5. The van der Waals surface area contributed by atoms with Crippen molar-refractivity contribution >= 4 is 35.4 Å². The third-order valence-electron chi connectivity index (χ3n) is 4.73. The summed E-state index contributed by atoms with van der Waals surface area (Å²) >= 11 is 4.64. The molecular formula is C25H32ClN2O7+. The molecule has 0 bridgehead atoms. The van der Waals surface area contributed by atoms with Crippen molar-refractivity contribution in [3.05, 3.63) is 59.7 Å². The van der Waals surface area contributed by atoms with Gasteiger partial charge in [-0.2, -0.15) is 0 Å². The summed E-state index contributed by atoms with van der Waals surface area (Å²) in [5, 5.41) is 2.71. The number of rotatable bonds is 9. The van der Waals surface area contributed by atoms with Gasteiger partial charge >= 0.3 is 17.9 Å². The fraction of sp³-hybridized carbons (Fsp3) is 0.360. The molecule has 10 heteroatoms. The third kappa shape index (κ3) is 9.76. The number of hydrogen-bond acceptors (Lipinski definition) is 7. The van der Waals surface area contributed by atoms with Gasteiger partial charge < -0.3 is 25.3 Å². The van der Waals surface area contributed by atoms with Crippen LogP contribution in [0.25, 0.3) is 0 Å². The van der Waals surface area contributed by atoms with Crippen LogP contribution in [-0.2, 0) is 36.8 Å². The molecule has 0 aliphatic rings. The normalized spacial score (nSPS) is 12.7. The Hall–Kier alpha value is -3.43. The predicted octanol–water partition coefficient (Wildman–Crippen LogP) is 1.84. The van der Waals surface area contributed by atoms with Gasteiger partial charge in [0.1, 0.15) is 6.04 Å². The van der Waals surface area contributed by atoms with Crippen LogP contribution in [0, 0.1) is 0 Å². The Balaban J connectivity index is 0.00000298. The fourth-order valence-corrected chi connectivity index (χ4v) is 3.18. The number of ether oxygens (including phenoxy) is 3. The summed E-state index contributed by atoms with van der Waals surface area (Å²) in [7, 11) is 1.23. The molecule has 4 N–H and O–H groups in total. The molecule has 0 saturated carbocycles. The van der Waals surface area contributed by atoms with E-state index in [1.54, 1.807) is 13.0 Å². The smallest absolute Gasteiger partial charge is 0.328 e. The molecule has 2 rings (SSSR count). The number of carbonyl (C=O) groups excluding carboxylic acids is 4. The van der Waals surface area contributed by atoms with Crippen molar-refractivity contribution in [2.24, 2.45) is 0 Å². The first-order valence-electron chi connectivity index (χ1n) is 10.7. The molecule has 0 fully saturated rings. The van der Waals surface area contributed by atoms with E-state index in [-0.39, 0.29) is 17.9 Å². The van der Waals surface area contributed by atoms with E-state index in [1.165, 1.54) is 39.5 Å². The molecule has 0 aliphatic carbocycles. The minimum Gasteiger partial charge on any atom is -0.467 e. The molecule has 0 saturated heterocycles. The largest absolute Gasteiger partial charge is 0.467 e. The topological polar surface area (TPSA) is 136 Å². The van der Waals surface area contributed by atoms with E-state index >= 15 is 0 Å². The van der Waals surface area contributed by atoms with Gasteiger partial charge in [0.05, 0.1) is 7.11 Å². The molecule has 0 aromatic heterocycles. The Labute approximate surface area is 209 Å². The quantitative estimate of drug-likeness (QED) is 0.300. The summed E-state index contributed by atoms with van der Waals surface area (Å²) in [6, 6.07) is 12.9. The van der Waals surface area contributed by atoms with Crippen LogP contribution in [0.5, 0.6) is 11.5 Å². The first kappa shape index (κ1) is 29.6. The maximum atomic E-state index is 13.0. The SMILES string of the molecule is CCl.COC(=O)C(Cc1ccc(OC(C)=O)c(OC(C)=O)c1)NC(=O)[C@@](C)([NH3+])Cc1ccccc1. The van der Waals surface area contributed by atoms with Crippen LogP contribution in [0.4, 0.5) is 0 Å². The maximum Gasteiger partial charge on any atom is 0.328 e. The standard InChI is InChI=1S/C24H28N2O7.CH3Cl/c1-15(27)32-20-11-10-18(13-21(20)33-16(2)28)12-19(22(29)31-4)26-23(30)24(3,25)14-17-8-6-5-7-9-17;1-2/h5-11,13,19H,12,14,25H2,1-4H3,(H,26,30);1H3/p+1/t19?,24-;/m0./s1. The molecule has 190 valence electrons. The highest BCUT2D eigenvalue weighted by molar-refractivity contribution is 6.15. The van der Waals surface area contributed by atoms with Crippen LogP contribution in [0.15, 0.2) is 48.5 Å². The van der Waals surface area contributed by atoms with Gasteiger partial charge in [-0.15, -0.1) is 11.6 Å². The molecule has 1 amide bonds. The third-order valence-corrected chi connectivity index (χ3v) is 4.73. The number of halogens is 1. The molecule has 2 atom stereocenters.